The number of aryl methyl sites for hydroxylation is 3. The molecule has 18 heavy (non-hydrogen) atoms. The van der Waals surface area contributed by atoms with Crippen molar-refractivity contribution in [3.63, 3.8) is 0 Å². The molecule has 1 fully saturated rings. The van der Waals surface area contributed by atoms with Crippen LogP contribution in [0.2, 0.25) is 0 Å². The van der Waals surface area contributed by atoms with Gasteiger partial charge in [0.1, 0.15) is 0 Å². The van der Waals surface area contributed by atoms with E-state index in [0.29, 0.717) is 12.1 Å². The lowest BCUT2D eigenvalue weighted by molar-refractivity contribution is 0.375. The molecule has 0 bridgehead atoms. The molecule has 0 aromatic heterocycles. The second kappa shape index (κ2) is 5.71. The SMILES string of the molecule is Cc1cc(C)c(/C=C/C2CCCC(C)N2)c(C)c1. The van der Waals surface area contributed by atoms with E-state index in [9.17, 15) is 0 Å². The summed E-state index contributed by atoms with van der Waals surface area (Å²) in [4.78, 5) is 0. The van der Waals surface area contributed by atoms with Crippen molar-refractivity contribution in [2.75, 3.05) is 0 Å². The van der Waals surface area contributed by atoms with Crippen LogP contribution in [0.15, 0.2) is 18.2 Å². The van der Waals surface area contributed by atoms with Crippen LogP contribution in [0.25, 0.3) is 6.08 Å². The number of rotatable bonds is 2. The fourth-order valence-corrected chi connectivity index (χ4v) is 2.99. The lowest BCUT2D eigenvalue weighted by Gasteiger charge is -2.26. The topological polar surface area (TPSA) is 12.0 Å². The number of benzene rings is 1. The zero-order chi connectivity index (χ0) is 13.1. The summed E-state index contributed by atoms with van der Waals surface area (Å²) >= 11 is 0. The van der Waals surface area contributed by atoms with Crippen molar-refractivity contribution >= 4 is 6.08 Å². The summed E-state index contributed by atoms with van der Waals surface area (Å²) in [6.07, 6.45) is 8.58. The van der Waals surface area contributed by atoms with E-state index in [0.717, 1.165) is 0 Å². The minimum absolute atomic E-state index is 0.550. The Labute approximate surface area is 111 Å². The molecule has 0 saturated carbocycles. The molecule has 1 aromatic carbocycles. The van der Waals surface area contributed by atoms with Gasteiger partial charge in [0.15, 0.2) is 0 Å². The fraction of sp³-hybridized carbons (Fsp3) is 0.529. The molecule has 2 atom stereocenters. The van der Waals surface area contributed by atoms with Crippen molar-refractivity contribution in [2.45, 2.75) is 59.0 Å². The van der Waals surface area contributed by atoms with Gasteiger partial charge in [0, 0.05) is 12.1 Å². The fourth-order valence-electron chi connectivity index (χ4n) is 2.99. The van der Waals surface area contributed by atoms with Crippen molar-refractivity contribution in [1.82, 2.24) is 5.32 Å². The van der Waals surface area contributed by atoms with Crippen LogP contribution in [0.1, 0.15) is 48.4 Å². The third kappa shape index (κ3) is 3.23. The Bertz CT molecular complexity index is 422. The Hall–Kier alpha value is -1.08. The van der Waals surface area contributed by atoms with Crippen molar-refractivity contribution < 1.29 is 0 Å². The number of piperidine rings is 1. The van der Waals surface area contributed by atoms with Crippen LogP contribution in [-0.2, 0) is 0 Å². The van der Waals surface area contributed by atoms with Crippen LogP contribution in [0.5, 0.6) is 0 Å². The standard InChI is InChI=1S/C17H25N/c1-12-10-13(2)17(14(3)11-12)9-8-16-7-5-6-15(4)18-16/h8-11,15-16,18H,5-7H2,1-4H3/b9-8+. The largest absolute Gasteiger partial charge is 0.308 e. The molecule has 98 valence electrons. The summed E-state index contributed by atoms with van der Waals surface area (Å²) in [6.45, 7) is 8.85. The molecular weight excluding hydrogens is 218 g/mol. The molecular formula is C17H25N. The van der Waals surface area contributed by atoms with Gasteiger partial charge in [-0.25, -0.2) is 0 Å². The molecule has 0 aliphatic carbocycles. The summed E-state index contributed by atoms with van der Waals surface area (Å²) in [7, 11) is 0. The Kier molecular flexibility index (Phi) is 4.23. The first-order valence-electron chi connectivity index (χ1n) is 7.08. The Balaban J connectivity index is 2.13. The zero-order valence-electron chi connectivity index (χ0n) is 12.1. The zero-order valence-corrected chi connectivity index (χ0v) is 12.1. The molecule has 2 unspecified atom stereocenters. The minimum Gasteiger partial charge on any atom is -0.308 e. The van der Waals surface area contributed by atoms with E-state index in [-0.39, 0.29) is 0 Å². The van der Waals surface area contributed by atoms with E-state index < -0.39 is 0 Å². The molecule has 0 spiro atoms. The highest BCUT2D eigenvalue weighted by Gasteiger charge is 2.14. The van der Waals surface area contributed by atoms with Crippen molar-refractivity contribution in [3.05, 3.63) is 40.5 Å². The first kappa shape index (κ1) is 13.4. The molecule has 1 N–H and O–H groups in total. The van der Waals surface area contributed by atoms with Gasteiger partial charge >= 0.3 is 0 Å². The highest BCUT2D eigenvalue weighted by molar-refractivity contribution is 5.59. The van der Waals surface area contributed by atoms with Crippen LogP contribution in [0.4, 0.5) is 0 Å². The molecule has 2 rings (SSSR count). The van der Waals surface area contributed by atoms with E-state index in [4.69, 9.17) is 0 Å². The molecule has 1 heteroatoms. The van der Waals surface area contributed by atoms with Gasteiger partial charge in [-0.1, -0.05) is 36.3 Å². The lowest BCUT2D eigenvalue weighted by Crippen LogP contribution is -2.39. The highest BCUT2D eigenvalue weighted by Crippen LogP contribution is 2.20. The first-order valence-corrected chi connectivity index (χ1v) is 7.08. The maximum Gasteiger partial charge on any atom is 0.0255 e. The van der Waals surface area contributed by atoms with Gasteiger partial charge in [-0.3, -0.25) is 0 Å². The number of hydrogen-bond acceptors (Lipinski definition) is 1. The molecule has 1 aliphatic heterocycles. The maximum absolute atomic E-state index is 3.65. The average Bonchev–Trinajstić information content (AvgIpc) is 2.27. The van der Waals surface area contributed by atoms with E-state index in [1.807, 2.05) is 0 Å². The summed E-state index contributed by atoms with van der Waals surface area (Å²) in [5.74, 6) is 0. The average molecular weight is 243 g/mol. The van der Waals surface area contributed by atoms with Crippen molar-refractivity contribution in [2.24, 2.45) is 0 Å². The van der Waals surface area contributed by atoms with Crippen molar-refractivity contribution in [3.8, 4) is 0 Å². The second-order valence-corrected chi connectivity index (χ2v) is 5.78. The first-order chi connectivity index (χ1) is 8.56. The third-order valence-corrected chi connectivity index (χ3v) is 3.88. The van der Waals surface area contributed by atoms with Gasteiger partial charge in [-0.15, -0.1) is 0 Å². The maximum atomic E-state index is 3.65. The van der Waals surface area contributed by atoms with E-state index in [1.165, 1.54) is 41.5 Å². The Morgan fingerprint density at radius 3 is 2.39 bits per heavy atom. The summed E-state index contributed by atoms with van der Waals surface area (Å²) in [6, 6.07) is 5.75. The summed E-state index contributed by atoms with van der Waals surface area (Å²) in [5.41, 5.74) is 5.51. The molecule has 1 saturated heterocycles. The van der Waals surface area contributed by atoms with Crippen LogP contribution in [0.3, 0.4) is 0 Å². The molecule has 1 nitrogen and oxygen atoms in total. The summed E-state index contributed by atoms with van der Waals surface area (Å²) < 4.78 is 0. The highest BCUT2D eigenvalue weighted by atomic mass is 14.9. The smallest absolute Gasteiger partial charge is 0.0255 e. The monoisotopic (exact) mass is 243 g/mol. The van der Waals surface area contributed by atoms with Gasteiger partial charge in [0.05, 0.1) is 0 Å². The van der Waals surface area contributed by atoms with Gasteiger partial charge in [0.25, 0.3) is 0 Å². The third-order valence-electron chi connectivity index (χ3n) is 3.88. The summed E-state index contributed by atoms with van der Waals surface area (Å²) in [5, 5.41) is 3.65. The molecule has 0 radical (unpaired) electrons. The quantitative estimate of drug-likeness (QED) is 0.822. The minimum atomic E-state index is 0.550. The Morgan fingerprint density at radius 2 is 1.78 bits per heavy atom. The van der Waals surface area contributed by atoms with E-state index in [1.54, 1.807) is 0 Å². The van der Waals surface area contributed by atoms with Crippen molar-refractivity contribution in [1.29, 1.82) is 0 Å². The van der Waals surface area contributed by atoms with Gasteiger partial charge in [0.2, 0.25) is 0 Å². The van der Waals surface area contributed by atoms with E-state index in [2.05, 4.69) is 57.3 Å². The second-order valence-electron chi connectivity index (χ2n) is 5.78. The van der Waals surface area contributed by atoms with Crippen LogP contribution >= 0.6 is 0 Å². The van der Waals surface area contributed by atoms with Crippen LogP contribution in [0, 0.1) is 20.8 Å². The predicted octanol–water partition coefficient (Wildman–Crippen LogP) is 4.16. The van der Waals surface area contributed by atoms with Gasteiger partial charge in [-0.05, 0) is 57.2 Å². The number of nitrogens with one attached hydrogen (secondary N) is 1. The predicted molar refractivity (Wildman–Crippen MR) is 79.9 cm³/mol. The molecule has 0 amide bonds. The molecule has 1 aromatic rings. The Morgan fingerprint density at radius 1 is 1.11 bits per heavy atom. The van der Waals surface area contributed by atoms with Crippen LogP contribution in [-0.4, -0.2) is 12.1 Å². The van der Waals surface area contributed by atoms with E-state index >= 15 is 0 Å². The molecule has 1 heterocycles. The normalized spacial score (nSPS) is 24.7. The lowest BCUT2D eigenvalue weighted by atomic mass is 9.96. The van der Waals surface area contributed by atoms with Gasteiger partial charge in [-0.2, -0.15) is 0 Å². The van der Waals surface area contributed by atoms with Crippen LogP contribution < -0.4 is 5.32 Å². The van der Waals surface area contributed by atoms with Gasteiger partial charge < -0.3 is 5.32 Å². The number of hydrogen-bond donors (Lipinski definition) is 1. The molecule has 1 aliphatic rings.